The number of rotatable bonds is 6. The highest BCUT2D eigenvalue weighted by atomic mass is 19.3. The van der Waals surface area contributed by atoms with Gasteiger partial charge in [0, 0.05) is 19.2 Å². The minimum absolute atomic E-state index is 0.196. The summed E-state index contributed by atoms with van der Waals surface area (Å²) in [6, 6.07) is 0.431. The van der Waals surface area contributed by atoms with Crippen molar-refractivity contribution in [2.45, 2.75) is 19.0 Å². The quantitative estimate of drug-likeness (QED) is 0.579. The number of alkyl halides is 2. The number of ether oxygens (including phenoxy) is 1. The number of nitro groups is 2. The topological polar surface area (TPSA) is 98.8 Å². The number of hydrogen-bond donors (Lipinski definition) is 0. The van der Waals surface area contributed by atoms with Crippen LogP contribution in [0, 0.1) is 26.0 Å². The highest BCUT2D eigenvalue weighted by molar-refractivity contribution is 5.54. The fraction of sp³-hybridized carbons (Fsp3) is 0.385. The van der Waals surface area contributed by atoms with Crippen molar-refractivity contribution in [3.63, 3.8) is 0 Å². The van der Waals surface area contributed by atoms with E-state index in [1.54, 1.807) is 0 Å². The first-order valence-corrected chi connectivity index (χ1v) is 6.77. The zero-order chi connectivity index (χ0) is 18.1. The Labute approximate surface area is 133 Å². The normalized spacial score (nSPS) is 14.5. The first kappa shape index (κ1) is 17.5. The largest absolute Gasteiger partial charge is 0.441 e. The summed E-state index contributed by atoms with van der Waals surface area (Å²) in [5.74, 6) is -2.64. The second-order valence-corrected chi connectivity index (χ2v) is 5.05. The number of halogens is 3. The second-order valence-electron chi connectivity index (χ2n) is 5.05. The van der Waals surface area contributed by atoms with Crippen LogP contribution in [0.2, 0.25) is 0 Å². The van der Waals surface area contributed by atoms with Crippen molar-refractivity contribution in [2.75, 3.05) is 13.1 Å². The van der Waals surface area contributed by atoms with Crippen molar-refractivity contribution < 1.29 is 27.8 Å². The smallest absolute Gasteiger partial charge is 0.420 e. The highest BCUT2D eigenvalue weighted by Crippen LogP contribution is 2.39. The third-order valence-corrected chi connectivity index (χ3v) is 3.48. The molecule has 0 N–H and O–H groups in total. The molecule has 1 aliphatic heterocycles. The lowest BCUT2D eigenvalue weighted by Gasteiger charge is -2.27. The standard InChI is InChI=1S/C13H12F3N3O5/c1-8(17-4-2-3-5-17)13(15,16)24-12-6-9(14)10(18(20)21)7-11(12)19(22)23/h6-7H,1-5H2. The molecular weight excluding hydrogens is 335 g/mol. The molecule has 0 amide bonds. The van der Waals surface area contributed by atoms with Crippen LogP contribution in [0.1, 0.15) is 12.8 Å². The highest BCUT2D eigenvalue weighted by Gasteiger charge is 2.42. The maximum absolute atomic E-state index is 14.1. The Bertz CT molecular complexity index is 704. The van der Waals surface area contributed by atoms with Crippen LogP contribution in [-0.2, 0) is 0 Å². The molecular formula is C13H12F3N3O5. The maximum atomic E-state index is 14.1. The minimum Gasteiger partial charge on any atom is -0.420 e. The predicted molar refractivity (Wildman–Crippen MR) is 75.2 cm³/mol. The van der Waals surface area contributed by atoms with E-state index in [2.05, 4.69) is 11.3 Å². The minimum atomic E-state index is -4.03. The van der Waals surface area contributed by atoms with Gasteiger partial charge in [0.05, 0.1) is 9.85 Å². The van der Waals surface area contributed by atoms with Crippen LogP contribution in [0.25, 0.3) is 0 Å². The van der Waals surface area contributed by atoms with E-state index in [4.69, 9.17) is 0 Å². The zero-order valence-electron chi connectivity index (χ0n) is 12.2. The van der Waals surface area contributed by atoms with E-state index in [-0.39, 0.29) is 12.1 Å². The molecule has 0 aromatic heterocycles. The molecule has 0 unspecified atom stereocenters. The van der Waals surface area contributed by atoms with Gasteiger partial charge in [0.15, 0.2) is 0 Å². The Morgan fingerprint density at radius 3 is 2.21 bits per heavy atom. The number of nitrogens with zero attached hydrogens (tertiary/aromatic N) is 3. The van der Waals surface area contributed by atoms with Gasteiger partial charge in [0.2, 0.25) is 11.6 Å². The Balaban J connectivity index is 2.37. The van der Waals surface area contributed by atoms with Crippen LogP contribution >= 0.6 is 0 Å². The van der Waals surface area contributed by atoms with Crippen molar-refractivity contribution >= 4 is 11.4 Å². The number of hydrogen-bond acceptors (Lipinski definition) is 6. The van der Waals surface area contributed by atoms with Crippen molar-refractivity contribution in [3.8, 4) is 5.75 Å². The van der Waals surface area contributed by atoms with Gasteiger partial charge in [-0.25, -0.2) is 0 Å². The Morgan fingerprint density at radius 2 is 1.71 bits per heavy atom. The fourth-order valence-corrected chi connectivity index (χ4v) is 2.27. The van der Waals surface area contributed by atoms with Crippen molar-refractivity contribution in [2.24, 2.45) is 0 Å². The molecule has 1 aliphatic rings. The summed E-state index contributed by atoms with van der Waals surface area (Å²) in [7, 11) is 0. The van der Waals surface area contributed by atoms with Crippen LogP contribution in [0.15, 0.2) is 24.4 Å². The molecule has 1 fully saturated rings. The van der Waals surface area contributed by atoms with Gasteiger partial charge in [-0.3, -0.25) is 20.2 Å². The Morgan fingerprint density at radius 1 is 1.17 bits per heavy atom. The summed E-state index contributed by atoms with van der Waals surface area (Å²) in [4.78, 5) is 20.4. The molecule has 11 heteroatoms. The van der Waals surface area contributed by atoms with Gasteiger partial charge in [-0.1, -0.05) is 6.58 Å². The summed E-state index contributed by atoms with van der Waals surface area (Å²) in [6.45, 7) is 3.88. The fourth-order valence-electron chi connectivity index (χ4n) is 2.27. The van der Waals surface area contributed by atoms with Gasteiger partial charge in [-0.15, -0.1) is 0 Å². The lowest BCUT2D eigenvalue weighted by molar-refractivity contribution is -0.397. The summed E-state index contributed by atoms with van der Waals surface area (Å²) in [5.41, 5.74) is -3.07. The molecule has 1 heterocycles. The zero-order valence-corrected chi connectivity index (χ0v) is 12.2. The summed E-state index contributed by atoms with van der Waals surface area (Å²) >= 11 is 0. The van der Waals surface area contributed by atoms with Crippen LogP contribution in [0.5, 0.6) is 5.75 Å². The summed E-state index contributed by atoms with van der Waals surface area (Å²) < 4.78 is 46.2. The summed E-state index contributed by atoms with van der Waals surface area (Å²) in [6.07, 6.45) is -2.67. The molecule has 0 aliphatic carbocycles. The molecule has 1 saturated heterocycles. The molecule has 130 valence electrons. The van der Waals surface area contributed by atoms with Crippen LogP contribution < -0.4 is 4.74 Å². The number of nitro benzene ring substituents is 2. The average Bonchev–Trinajstić information content (AvgIpc) is 2.99. The lowest BCUT2D eigenvalue weighted by Crippen LogP contribution is -2.36. The van der Waals surface area contributed by atoms with E-state index in [9.17, 15) is 33.4 Å². The van der Waals surface area contributed by atoms with Crippen LogP contribution in [0.4, 0.5) is 24.5 Å². The van der Waals surface area contributed by atoms with Crippen molar-refractivity contribution in [3.05, 3.63) is 50.5 Å². The van der Waals surface area contributed by atoms with Crippen molar-refractivity contribution in [1.29, 1.82) is 0 Å². The first-order valence-electron chi connectivity index (χ1n) is 6.77. The van der Waals surface area contributed by atoms with E-state index in [0.29, 0.717) is 25.9 Å². The third-order valence-electron chi connectivity index (χ3n) is 3.48. The number of likely N-dealkylation sites (tertiary alicyclic amines) is 1. The molecule has 0 saturated carbocycles. The van der Waals surface area contributed by atoms with E-state index < -0.39 is 44.6 Å². The van der Waals surface area contributed by atoms with Gasteiger partial charge in [0.25, 0.3) is 0 Å². The molecule has 2 rings (SSSR count). The molecule has 0 radical (unpaired) electrons. The Hall–Kier alpha value is -2.85. The number of benzene rings is 1. The SMILES string of the molecule is C=C(N1CCCC1)C(F)(F)Oc1cc(F)c([N+](=O)[O-])cc1[N+](=O)[O-]. The average molecular weight is 347 g/mol. The Kier molecular flexibility index (Phi) is 4.62. The third kappa shape index (κ3) is 3.39. The molecule has 1 aromatic rings. The molecule has 0 atom stereocenters. The van der Waals surface area contributed by atoms with Gasteiger partial charge in [-0.05, 0) is 12.8 Å². The lowest BCUT2D eigenvalue weighted by atomic mass is 10.2. The molecule has 1 aromatic carbocycles. The van der Waals surface area contributed by atoms with Gasteiger partial charge >= 0.3 is 17.5 Å². The maximum Gasteiger partial charge on any atom is 0.441 e. The van der Waals surface area contributed by atoms with E-state index in [0.717, 1.165) is 0 Å². The van der Waals surface area contributed by atoms with Gasteiger partial charge in [0.1, 0.15) is 11.8 Å². The molecule has 24 heavy (non-hydrogen) atoms. The molecule has 0 spiro atoms. The first-order chi connectivity index (χ1) is 11.1. The predicted octanol–water partition coefficient (Wildman–Crippen LogP) is 3.22. The second kappa shape index (κ2) is 6.34. The van der Waals surface area contributed by atoms with E-state index in [1.165, 1.54) is 4.90 Å². The monoisotopic (exact) mass is 347 g/mol. The van der Waals surface area contributed by atoms with Crippen LogP contribution in [0.3, 0.4) is 0 Å². The molecule has 8 nitrogen and oxygen atoms in total. The van der Waals surface area contributed by atoms with Crippen LogP contribution in [-0.4, -0.2) is 33.9 Å². The van der Waals surface area contributed by atoms with Gasteiger partial charge < -0.3 is 9.64 Å². The van der Waals surface area contributed by atoms with E-state index >= 15 is 0 Å². The molecule has 0 bridgehead atoms. The van der Waals surface area contributed by atoms with Crippen molar-refractivity contribution in [1.82, 2.24) is 4.90 Å². The van der Waals surface area contributed by atoms with E-state index in [1.807, 2.05) is 0 Å². The van der Waals surface area contributed by atoms with Gasteiger partial charge in [-0.2, -0.15) is 13.2 Å². The summed E-state index contributed by atoms with van der Waals surface area (Å²) in [5, 5.41) is 21.5.